The number of aromatic nitrogens is 2. The quantitative estimate of drug-likeness (QED) is 0.179. The van der Waals surface area contributed by atoms with Crippen LogP contribution in [0, 0.1) is 0 Å². The lowest BCUT2D eigenvalue weighted by atomic mass is 9.85. The van der Waals surface area contributed by atoms with Crippen LogP contribution in [0.5, 0.6) is 0 Å². The zero-order chi connectivity index (χ0) is 30.3. The molecule has 2 amide bonds. The summed E-state index contributed by atoms with van der Waals surface area (Å²) in [6, 6.07) is 3.73. The second-order valence-electron chi connectivity index (χ2n) is 12.2. The van der Waals surface area contributed by atoms with Crippen LogP contribution < -0.4 is 16.8 Å². The number of halogens is 2. The number of carbonyl (C=O) groups is 2. The predicted octanol–water partition coefficient (Wildman–Crippen LogP) is 2.75. The molecule has 0 radical (unpaired) electrons. The molecule has 0 bridgehead atoms. The molecule has 1 atom stereocenters. The number of hydrogen-bond acceptors (Lipinski definition) is 7. The normalized spacial score (nSPS) is 20.4. The molecule has 226 valence electrons. The van der Waals surface area contributed by atoms with Crippen molar-refractivity contribution in [2.45, 2.75) is 57.3 Å². The third-order valence-electron chi connectivity index (χ3n) is 8.17. The van der Waals surface area contributed by atoms with E-state index in [1.807, 2.05) is 10.6 Å². The molecule has 5 rings (SSSR count). The van der Waals surface area contributed by atoms with Crippen molar-refractivity contribution in [3.05, 3.63) is 57.6 Å². The van der Waals surface area contributed by atoms with Crippen molar-refractivity contribution in [3.8, 4) is 0 Å². The van der Waals surface area contributed by atoms with E-state index in [9.17, 15) is 9.59 Å². The highest BCUT2D eigenvalue weighted by atomic mass is 35.5. The molecule has 0 unspecified atom stereocenters. The van der Waals surface area contributed by atoms with E-state index in [0.29, 0.717) is 54.4 Å². The van der Waals surface area contributed by atoms with Crippen LogP contribution in [0.3, 0.4) is 0 Å². The largest absolute Gasteiger partial charge is 0.398 e. The Labute approximate surface area is 255 Å². The average molecular weight is 618 g/mol. The SMILES string of the molecule is C=CC(=O)N1CC(NC(=O)c2c(Cl)nc(CN=C(N)c3cc(C(C)(C)C)c(Cl)cc3N)n2[C@@H]2CCN(C3COC3)C2)C1. The van der Waals surface area contributed by atoms with Gasteiger partial charge in [0, 0.05) is 48.5 Å². The minimum Gasteiger partial charge on any atom is -0.398 e. The first kappa shape index (κ1) is 30.3. The number of nitrogens with zero attached hydrogens (tertiary/aromatic N) is 5. The lowest BCUT2D eigenvalue weighted by Crippen LogP contribution is -2.60. The molecular formula is C29H38Cl2N8O3. The van der Waals surface area contributed by atoms with Crippen LogP contribution in [0.4, 0.5) is 5.69 Å². The van der Waals surface area contributed by atoms with Crippen LogP contribution in [0.1, 0.15) is 60.7 Å². The number of likely N-dealkylation sites (tertiary alicyclic amines) is 2. The number of anilines is 1. The fourth-order valence-electron chi connectivity index (χ4n) is 5.66. The molecule has 5 N–H and O–H groups in total. The molecule has 0 saturated carbocycles. The molecule has 2 aromatic rings. The van der Waals surface area contributed by atoms with Gasteiger partial charge in [-0.2, -0.15) is 0 Å². The number of benzene rings is 1. The maximum atomic E-state index is 13.6. The van der Waals surface area contributed by atoms with Crippen molar-refractivity contribution in [1.29, 1.82) is 0 Å². The van der Waals surface area contributed by atoms with Crippen LogP contribution in [0.2, 0.25) is 10.2 Å². The number of aliphatic imine (C=N–C) groups is 1. The number of amidine groups is 1. The number of rotatable bonds is 8. The summed E-state index contributed by atoms with van der Waals surface area (Å²) in [5.74, 6) is 0.273. The van der Waals surface area contributed by atoms with Crippen molar-refractivity contribution >= 4 is 46.5 Å². The maximum Gasteiger partial charge on any atom is 0.271 e. The molecule has 3 fully saturated rings. The Hall–Kier alpha value is -3.12. The highest BCUT2D eigenvalue weighted by molar-refractivity contribution is 6.32. The minimum absolute atomic E-state index is 0.0360. The van der Waals surface area contributed by atoms with Crippen molar-refractivity contribution in [2.24, 2.45) is 10.7 Å². The number of nitrogens with one attached hydrogen (secondary N) is 1. The maximum absolute atomic E-state index is 13.6. The number of amides is 2. The Morgan fingerprint density at radius 1 is 1.21 bits per heavy atom. The lowest BCUT2D eigenvalue weighted by molar-refractivity contribution is -0.130. The van der Waals surface area contributed by atoms with E-state index in [4.69, 9.17) is 39.4 Å². The summed E-state index contributed by atoms with van der Waals surface area (Å²) < 4.78 is 7.30. The van der Waals surface area contributed by atoms with E-state index < -0.39 is 0 Å². The summed E-state index contributed by atoms with van der Waals surface area (Å²) in [7, 11) is 0. The summed E-state index contributed by atoms with van der Waals surface area (Å²) in [6.07, 6.45) is 2.09. The average Bonchev–Trinajstić information content (AvgIpc) is 3.46. The van der Waals surface area contributed by atoms with E-state index in [2.05, 4.69) is 47.5 Å². The molecule has 0 spiro atoms. The number of nitrogen functional groups attached to an aromatic ring is 1. The molecule has 13 heteroatoms. The van der Waals surface area contributed by atoms with Gasteiger partial charge in [0.15, 0.2) is 5.15 Å². The zero-order valence-corrected chi connectivity index (χ0v) is 25.7. The number of ether oxygens (including phenoxy) is 1. The smallest absolute Gasteiger partial charge is 0.271 e. The van der Waals surface area contributed by atoms with E-state index in [-0.39, 0.29) is 52.5 Å². The Morgan fingerprint density at radius 2 is 1.93 bits per heavy atom. The van der Waals surface area contributed by atoms with Crippen LogP contribution in [-0.2, 0) is 21.5 Å². The number of hydrogen-bond donors (Lipinski definition) is 3. The number of nitrogens with two attached hydrogens (primary N) is 2. The standard InChI is InChI=1S/C29H38Cl2N8O3/c1-5-24(40)38-11-16(12-38)35-28(41)25-26(31)36-23(39(25)17-6-7-37(13-17)18-14-42-15-18)10-34-27(33)19-8-20(29(2,3)4)21(30)9-22(19)32/h5,8-9,16-18H,1,6-7,10-15,32H2,2-4H3,(H2,33,34)(H,35,41)/t17-/m1/s1. The molecular weight excluding hydrogens is 579 g/mol. The molecule has 3 saturated heterocycles. The fraction of sp³-hybridized carbons (Fsp3) is 0.517. The first-order chi connectivity index (χ1) is 19.9. The second-order valence-corrected chi connectivity index (χ2v) is 12.9. The summed E-state index contributed by atoms with van der Waals surface area (Å²) in [5, 5.41) is 3.67. The van der Waals surface area contributed by atoms with Gasteiger partial charge in [-0.3, -0.25) is 19.5 Å². The molecule has 4 heterocycles. The van der Waals surface area contributed by atoms with Gasteiger partial charge in [0.1, 0.15) is 17.4 Å². The highest BCUT2D eigenvalue weighted by Gasteiger charge is 2.38. The van der Waals surface area contributed by atoms with Crippen LogP contribution in [-0.4, -0.2) is 88.5 Å². The first-order valence-electron chi connectivity index (χ1n) is 14.1. The molecule has 3 aliphatic heterocycles. The molecule has 1 aromatic carbocycles. The van der Waals surface area contributed by atoms with E-state index in [1.165, 1.54) is 6.08 Å². The monoisotopic (exact) mass is 616 g/mol. The third-order valence-corrected chi connectivity index (χ3v) is 8.75. The van der Waals surface area contributed by atoms with Gasteiger partial charge in [0.2, 0.25) is 5.91 Å². The lowest BCUT2D eigenvalue weighted by Gasteiger charge is -2.39. The number of imidazole rings is 1. The highest BCUT2D eigenvalue weighted by Crippen LogP contribution is 2.34. The van der Waals surface area contributed by atoms with Crippen molar-refractivity contribution < 1.29 is 14.3 Å². The summed E-state index contributed by atoms with van der Waals surface area (Å²) in [4.78, 5) is 38.6. The van der Waals surface area contributed by atoms with Gasteiger partial charge >= 0.3 is 0 Å². The summed E-state index contributed by atoms with van der Waals surface area (Å²) >= 11 is 13.1. The van der Waals surface area contributed by atoms with Crippen LogP contribution >= 0.6 is 23.2 Å². The Morgan fingerprint density at radius 3 is 2.55 bits per heavy atom. The van der Waals surface area contributed by atoms with Gasteiger partial charge in [-0.25, -0.2) is 4.98 Å². The molecule has 42 heavy (non-hydrogen) atoms. The Bertz CT molecular complexity index is 1420. The molecule has 0 aliphatic carbocycles. The summed E-state index contributed by atoms with van der Waals surface area (Å²) in [6.45, 7) is 13.6. The molecule has 1 aromatic heterocycles. The zero-order valence-electron chi connectivity index (χ0n) is 24.2. The first-order valence-corrected chi connectivity index (χ1v) is 14.8. The van der Waals surface area contributed by atoms with Gasteiger partial charge in [-0.05, 0) is 35.6 Å². The van der Waals surface area contributed by atoms with E-state index in [1.54, 1.807) is 11.0 Å². The van der Waals surface area contributed by atoms with E-state index >= 15 is 0 Å². The topological polar surface area (TPSA) is 144 Å². The van der Waals surface area contributed by atoms with Gasteiger partial charge in [-0.15, -0.1) is 0 Å². The van der Waals surface area contributed by atoms with Gasteiger partial charge in [-0.1, -0.05) is 50.6 Å². The van der Waals surface area contributed by atoms with Crippen molar-refractivity contribution in [2.75, 3.05) is 45.1 Å². The molecule has 11 nitrogen and oxygen atoms in total. The Kier molecular flexibility index (Phi) is 8.58. The third kappa shape index (κ3) is 6.01. The van der Waals surface area contributed by atoms with Crippen molar-refractivity contribution in [3.63, 3.8) is 0 Å². The summed E-state index contributed by atoms with van der Waals surface area (Å²) in [5.41, 5.74) is 14.7. The van der Waals surface area contributed by atoms with Gasteiger partial charge in [0.05, 0.1) is 31.8 Å². The van der Waals surface area contributed by atoms with Gasteiger partial charge in [0.25, 0.3) is 5.91 Å². The van der Waals surface area contributed by atoms with Crippen LogP contribution in [0.25, 0.3) is 0 Å². The van der Waals surface area contributed by atoms with Crippen molar-refractivity contribution in [1.82, 2.24) is 24.7 Å². The minimum atomic E-state index is -0.339. The van der Waals surface area contributed by atoms with E-state index in [0.717, 1.165) is 25.1 Å². The number of carbonyl (C=O) groups excluding carboxylic acids is 2. The molecule has 3 aliphatic rings. The Balaban J connectivity index is 1.42. The van der Waals surface area contributed by atoms with Gasteiger partial charge < -0.3 is 31.0 Å². The van der Waals surface area contributed by atoms with Crippen LogP contribution in [0.15, 0.2) is 29.8 Å². The predicted molar refractivity (Wildman–Crippen MR) is 164 cm³/mol. The fourth-order valence-corrected chi connectivity index (χ4v) is 6.39. The second kappa shape index (κ2) is 11.9.